The SMILES string of the molecule is Nc1ncnc2c1ncn2C[C@@H]1C[C@H](O)[C@@H](O)[C@H]1O. The monoisotopic (exact) mass is 265 g/mol. The molecule has 2 heterocycles. The lowest BCUT2D eigenvalue weighted by atomic mass is 10.1. The Morgan fingerprint density at radius 3 is 2.68 bits per heavy atom. The van der Waals surface area contributed by atoms with Crippen LogP contribution < -0.4 is 5.73 Å². The number of anilines is 1. The lowest BCUT2D eigenvalue weighted by molar-refractivity contribution is -0.0270. The Morgan fingerprint density at radius 1 is 1.21 bits per heavy atom. The lowest BCUT2D eigenvalue weighted by Crippen LogP contribution is -2.31. The summed E-state index contributed by atoms with van der Waals surface area (Å²) in [4.78, 5) is 12.1. The van der Waals surface area contributed by atoms with Crippen LogP contribution in [-0.4, -0.2) is 53.2 Å². The van der Waals surface area contributed by atoms with Crippen molar-refractivity contribution >= 4 is 17.0 Å². The molecule has 1 aliphatic carbocycles. The second-order valence-electron chi connectivity index (χ2n) is 4.87. The van der Waals surface area contributed by atoms with Gasteiger partial charge in [-0.05, 0) is 6.42 Å². The van der Waals surface area contributed by atoms with Gasteiger partial charge in [-0.2, -0.15) is 0 Å². The fourth-order valence-corrected chi connectivity index (χ4v) is 2.56. The molecule has 0 unspecified atom stereocenters. The summed E-state index contributed by atoms with van der Waals surface area (Å²) in [5.74, 6) is 0.0504. The standard InChI is InChI=1S/C11H15N5O3/c12-10-7-11(14-3-13-10)16(4-15-7)2-5-1-6(17)9(19)8(5)18/h3-6,8-9,17-19H,1-2H2,(H2,12,13,14)/t5-,6-,8-,9+/m0/s1. The molecule has 2 aromatic heterocycles. The third-order valence-electron chi connectivity index (χ3n) is 3.63. The Kier molecular flexibility index (Phi) is 2.85. The number of rotatable bonds is 2. The number of nitrogens with zero attached hydrogens (tertiary/aromatic N) is 4. The van der Waals surface area contributed by atoms with Crippen molar-refractivity contribution in [2.45, 2.75) is 31.3 Å². The van der Waals surface area contributed by atoms with E-state index in [9.17, 15) is 15.3 Å². The topological polar surface area (TPSA) is 130 Å². The number of nitrogens with two attached hydrogens (primary N) is 1. The summed E-state index contributed by atoms with van der Waals surface area (Å²) in [6.45, 7) is 0.405. The van der Waals surface area contributed by atoms with Gasteiger partial charge >= 0.3 is 0 Å². The van der Waals surface area contributed by atoms with E-state index in [4.69, 9.17) is 5.73 Å². The molecule has 0 radical (unpaired) electrons. The van der Waals surface area contributed by atoms with Crippen LogP contribution in [0.4, 0.5) is 5.82 Å². The molecule has 5 N–H and O–H groups in total. The van der Waals surface area contributed by atoms with E-state index in [0.29, 0.717) is 29.9 Å². The predicted molar refractivity (Wildman–Crippen MR) is 65.9 cm³/mol. The van der Waals surface area contributed by atoms with Gasteiger partial charge < -0.3 is 25.6 Å². The van der Waals surface area contributed by atoms with Gasteiger partial charge in [-0.1, -0.05) is 0 Å². The molecule has 0 aromatic carbocycles. The van der Waals surface area contributed by atoms with E-state index in [2.05, 4.69) is 15.0 Å². The van der Waals surface area contributed by atoms with Gasteiger partial charge in [0.05, 0.1) is 18.5 Å². The van der Waals surface area contributed by atoms with Crippen molar-refractivity contribution in [3.63, 3.8) is 0 Å². The Hall–Kier alpha value is -1.77. The molecule has 19 heavy (non-hydrogen) atoms. The molecule has 0 aliphatic heterocycles. The zero-order valence-corrected chi connectivity index (χ0v) is 10.1. The summed E-state index contributed by atoms with van der Waals surface area (Å²) in [5.41, 5.74) is 6.78. The number of imidazole rings is 1. The molecule has 102 valence electrons. The summed E-state index contributed by atoms with van der Waals surface area (Å²) in [6, 6.07) is 0. The Labute approximate surface area is 108 Å². The number of aliphatic hydroxyl groups is 3. The minimum atomic E-state index is -1.10. The summed E-state index contributed by atoms with van der Waals surface area (Å²) < 4.78 is 1.74. The number of aliphatic hydroxyl groups excluding tert-OH is 3. The molecule has 0 spiro atoms. The molecular formula is C11H15N5O3. The average Bonchev–Trinajstić information content (AvgIpc) is 2.90. The van der Waals surface area contributed by atoms with Crippen molar-refractivity contribution in [2.24, 2.45) is 5.92 Å². The third kappa shape index (κ3) is 1.93. The van der Waals surface area contributed by atoms with Gasteiger partial charge in [0.25, 0.3) is 0 Å². The molecular weight excluding hydrogens is 250 g/mol. The van der Waals surface area contributed by atoms with Gasteiger partial charge in [-0.25, -0.2) is 15.0 Å². The van der Waals surface area contributed by atoms with Crippen LogP contribution >= 0.6 is 0 Å². The fraction of sp³-hybridized carbons (Fsp3) is 0.545. The number of hydrogen-bond donors (Lipinski definition) is 4. The van der Waals surface area contributed by atoms with Crippen molar-refractivity contribution in [2.75, 3.05) is 5.73 Å². The maximum Gasteiger partial charge on any atom is 0.165 e. The molecule has 0 bridgehead atoms. The zero-order chi connectivity index (χ0) is 13.6. The van der Waals surface area contributed by atoms with Gasteiger partial charge in [-0.3, -0.25) is 0 Å². The fourth-order valence-electron chi connectivity index (χ4n) is 2.56. The minimum absolute atomic E-state index is 0.251. The zero-order valence-electron chi connectivity index (χ0n) is 10.1. The Balaban J connectivity index is 1.88. The summed E-state index contributed by atoms with van der Waals surface area (Å²) in [7, 11) is 0. The highest BCUT2D eigenvalue weighted by Crippen LogP contribution is 2.29. The van der Waals surface area contributed by atoms with Gasteiger partial charge in [0, 0.05) is 12.5 Å². The maximum atomic E-state index is 9.85. The first kappa shape index (κ1) is 12.3. The first-order valence-corrected chi connectivity index (χ1v) is 6.03. The normalized spacial score (nSPS) is 31.1. The van der Waals surface area contributed by atoms with E-state index in [1.165, 1.54) is 6.33 Å². The molecule has 1 fully saturated rings. The second-order valence-corrected chi connectivity index (χ2v) is 4.87. The lowest BCUT2D eigenvalue weighted by Gasteiger charge is -2.16. The van der Waals surface area contributed by atoms with Crippen LogP contribution in [0.1, 0.15) is 6.42 Å². The van der Waals surface area contributed by atoms with Gasteiger partial charge in [0.1, 0.15) is 17.9 Å². The van der Waals surface area contributed by atoms with E-state index in [1.54, 1.807) is 10.9 Å². The second kappa shape index (κ2) is 4.41. The van der Waals surface area contributed by atoms with Crippen LogP contribution in [0, 0.1) is 5.92 Å². The Morgan fingerprint density at radius 2 is 2.00 bits per heavy atom. The predicted octanol–water partition coefficient (Wildman–Crippen LogP) is -1.49. The van der Waals surface area contributed by atoms with Crippen LogP contribution in [-0.2, 0) is 6.54 Å². The van der Waals surface area contributed by atoms with Gasteiger partial charge in [0.2, 0.25) is 0 Å². The minimum Gasteiger partial charge on any atom is -0.390 e. The van der Waals surface area contributed by atoms with E-state index in [0.717, 1.165) is 0 Å². The van der Waals surface area contributed by atoms with Crippen LogP contribution in [0.2, 0.25) is 0 Å². The van der Waals surface area contributed by atoms with Crippen LogP contribution in [0.3, 0.4) is 0 Å². The highest BCUT2D eigenvalue weighted by molar-refractivity contribution is 5.81. The van der Waals surface area contributed by atoms with E-state index < -0.39 is 18.3 Å². The van der Waals surface area contributed by atoms with Gasteiger partial charge in [0.15, 0.2) is 11.5 Å². The number of hydrogen-bond acceptors (Lipinski definition) is 7. The van der Waals surface area contributed by atoms with Crippen LogP contribution in [0.25, 0.3) is 11.2 Å². The van der Waals surface area contributed by atoms with Crippen molar-refractivity contribution in [3.8, 4) is 0 Å². The maximum absolute atomic E-state index is 9.85. The van der Waals surface area contributed by atoms with Crippen molar-refractivity contribution in [1.29, 1.82) is 0 Å². The number of nitrogen functional groups attached to an aromatic ring is 1. The molecule has 0 saturated heterocycles. The summed E-state index contributed by atoms with van der Waals surface area (Å²) in [6.07, 6.45) is 0.313. The van der Waals surface area contributed by atoms with Gasteiger partial charge in [-0.15, -0.1) is 0 Å². The van der Waals surface area contributed by atoms with E-state index in [-0.39, 0.29) is 5.92 Å². The average molecular weight is 265 g/mol. The highest BCUT2D eigenvalue weighted by Gasteiger charge is 2.40. The van der Waals surface area contributed by atoms with Crippen molar-refractivity contribution in [3.05, 3.63) is 12.7 Å². The van der Waals surface area contributed by atoms with E-state index >= 15 is 0 Å². The molecule has 2 aromatic rings. The number of fused-ring (bicyclic) bond motifs is 1. The van der Waals surface area contributed by atoms with Crippen molar-refractivity contribution < 1.29 is 15.3 Å². The summed E-state index contributed by atoms with van der Waals surface area (Å²) >= 11 is 0. The largest absolute Gasteiger partial charge is 0.390 e. The first-order chi connectivity index (χ1) is 9.08. The molecule has 1 saturated carbocycles. The first-order valence-electron chi connectivity index (χ1n) is 6.03. The Bertz CT molecular complexity index is 601. The highest BCUT2D eigenvalue weighted by atomic mass is 16.4. The summed E-state index contributed by atoms with van der Waals surface area (Å²) in [5, 5.41) is 28.9. The molecule has 3 rings (SSSR count). The van der Waals surface area contributed by atoms with E-state index in [1.807, 2.05) is 0 Å². The van der Waals surface area contributed by atoms with Crippen LogP contribution in [0.15, 0.2) is 12.7 Å². The van der Waals surface area contributed by atoms with Crippen LogP contribution in [0.5, 0.6) is 0 Å². The smallest absolute Gasteiger partial charge is 0.165 e. The molecule has 8 heteroatoms. The molecule has 0 amide bonds. The third-order valence-corrected chi connectivity index (χ3v) is 3.63. The molecule has 1 aliphatic rings. The quantitative estimate of drug-likeness (QED) is 0.520. The van der Waals surface area contributed by atoms with Crippen molar-refractivity contribution in [1.82, 2.24) is 19.5 Å². The molecule has 4 atom stereocenters. The number of aromatic nitrogens is 4. The molecule has 8 nitrogen and oxygen atoms in total.